The summed E-state index contributed by atoms with van der Waals surface area (Å²) in [7, 11) is 0. The van der Waals surface area contributed by atoms with E-state index in [-0.39, 0.29) is 0 Å². The van der Waals surface area contributed by atoms with Crippen LogP contribution in [-0.2, 0) is 0 Å². The Bertz CT molecular complexity index is 2100. The summed E-state index contributed by atoms with van der Waals surface area (Å²) in [4.78, 5) is 4.63. The van der Waals surface area contributed by atoms with E-state index in [2.05, 4.69) is 219 Å². The summed E-state index contributed by atoms with van der Waals surface area (Å²) >= 11 is 0. The highest BCUT2D eigenvalue weighted by atomic mass is 15.1. The Morgan fingerprint density at radius 2 is 0.694 bits per heavy atom. The van der Waals surface area contributed by atoms with Gasteiger partial charge in [-0.3, -0.25) is 0 Å². The molecule has 0 bridgehead atoms. The molecule has 0 heterocycles. The van der Waals surface area contributed by atoms with Crippen LogP contribution in [0.3, 0.4) is 0 Å². The number of aryl methyl sites for hydroxylation is 3. The summed E-state index contributed by atoms with van der Waals surface area (Å²) < 4.78 is 0. The summed E-state index contributed by atoms with van der Waals surface area (Å²) in [6.07, 6.45) is 4.35. The van der Waals surface area contributed by atoms with Crippen LogP contribution in [0, 0.1) is 20.8 Å². The predicted octanol–water partition coefficient (Wildman–Crippen LogP) is 13.4. The molecular weight excluding hydrogens is 593 g/mol. The van der Waals surface area contributed by atoms with E-state index in [4.69, 9.17) is 0 Å². The van der Waals surface area contributed by atoms with Gasteiger partial charge in [-0.25, -0.2) is 0 Å². The van der Waals surface area contributed by atoms with E-state index in [0.29, 0.717) is 0 Å². The van der Waals surface area contributed by atoms with E-state index < -0.39 is 0 Å². The van der Waals surface area contributed by atoms with Gasteiger partial charge in [-0.1, -0.05) is 115 Å². The molecule has 0 aromatic heterocycles. The highest BCUT2D eigenvalue weighted by Gasteiger charge is 2.14. The summed E-state index contributed by atoms with van der Waals surface area (Å²) in [5, 5.41) is 0. The third-order valence-corrected chi connectivity index (χ3v) is 8.74. The normalized spacial score (nSPS) is 11.1. The molecule has 49 heavy (non-hydrogen) atoms. The summed E-state index contributed by atoms with van der Waals surface area (Å²) in [5.41, 5.74) is 15.3. The van der Waals surface area contributed by atoms with Crippen LogP contribution in [0.2, 0.25) is 0 Å². The molecule has 0 atom stereocenters. The zero-order chi connectivity index (χ0) is 33.6. The monoisotopic (exact) mass is 632 g/mol. The van der Waals surface area contributed by atoms with Gasteiger partial charge in [0.25, 0.3) is 0 Å². The molecule has 0 saturated carbocycles. The Labute approximate surface area is 290 Å². The molecule has 7 aromatic rings. The molecular formula is C47H40N2. The van der Waals surface area contributed by atoms with Crippen molar-refractivity contribution in [3.05, 3.63) is 204 Å². The van der Waals surface area contributed by atoms with Crippen molar-refractivity contribution in [2.75, 3.05) is 9.80 Å². The van der Waals surface area contributed by atoms with Crippen molar-refractivity contribution in [3.63, 3.8) is 0 Å². The van der Waals surface area contributed by atoms with Crippen molar-refractivity contribution in [1.82, 2.24) is 0 Å². The molecule has 0 aliphatic heterocycles. The Balaban J connectivity index is 1.08. The number of hydrogen-bond acceptors (Lipinski definition) is 2. The van der Waals surface area contributed by atoms with Crippen molar-refractivity contribution in [2.24, 2.45) is 0 Å². The average molecular weight is 633 g/mol. The van der Waals surface area contributed by atoms with E-state index in [0.717, 1.165) is 34.0 Å². The molecule has 238 valence electrons. The van der Waals surface area contributed by atoms with Crippen LogP contribution in [0.25, 0.3) is 23.3 Å². The van der Waals surface area contributed by atoms with Gasteiger partial charge < -0.3 is 9.80 Å². The highest BCUT2D eigenvalue weighted by Crippen LogP contribution is 2.37. The third-order valence-electron chi connectivity index (χ3n) is 8.74. The van der Waals surface area contributed by atoms with Crippen LogP contribution in [0.1, 0.15) is 27.8 Å². The van der Waals surface area contributed by atoms with Crippen LogP contribution in [0.4, 0.5) is 34.1 Å². The second kappa shape index (κ2) is 14.3. The first-order valence-electron chi connectivity index (χ1n) is 16.8. The molecule has 0 aliphatic carbocycles. The van der Waals surface area contributed by atoms with Crippen LogP contribution in [-0.4, -0.2) is 0 Å². The Hall–Kier alpha value is -6.12. The van der Waals surface area contributed by atoms with E-state index in [1.807, 2.05) is 0 Å². The predicted molar refractivity (Wildman–Crippen MR) is 211 cm³/mol. The number of benzene rings is 7. The Morgan fingerprint density at radius 3 is 1.20 bits per heavy atom. The first-order chi connectivity index (χ1) is 24.0. The topological polar surface area (TPSA) is 6.48 Å². The highest BCUT2D eigenvalue weighted by molar-refractivity contribution is 5.80. The summed E-state index contributed by atoms with van der Waals surface area (Å²) in [6.45, 7) is 6.47. The van der Waals surface area contributed by atoms with Gasteiger partial charge in [0, 0.05) is 34.1 Å². The lowest BCUT2D eigenvalue weighted by molar-refractivity contribution is 1.25. The van der Waals surface area contributed by atoms with Gasteiger partial charge in [0.2, 0.25) is 0 Å². The second-order valence-electron chi connectivity index (χ2n) is 12.6. The smallest absolute Gasteiger partial charge is 0.0466 e. The molecule has 0 aliphatic rings. The van der Waals surface area contributed by atoms with Crippen molar-refractivity contribution in [3.8, 4) is 11.1 Å². The summed E-state index contributed by atoms with van der Waals surface area (Å²) in [5.74, 6) is 0. The quantitative estimate of drug-likeness (QED) is 0.146. The van der Waals surface area contributed by atoms with E-state index in [1.165, 1.54) is 39.1 Å². The SMILES string of the molecule is Cc1cccc(N(c2ccc(-c3ccc(/C=C/c4ccc(N(c5ccccc5)c5ccccc5)cc4)cc3)cc2)c2cc(C)cc(C)c2)c1. The van der Waals surface area contributed by atoms with Gasteiger partial charge >= 0.3 is 0 Å². The maximum absolute atomic E-state index is 2.35. The van der Waals surface area contributed by atoms with Crippen molar-refractivity contribution in [2.45, 2.75) is 20.8 Å². The first-order valence-corrected chi connectivity index (χ1v) is 16.8. The standard InChI is InChI=1S/C47H40N2/c1-35-11-10-16-46(32-35)49(47-33-36(2)31-37(3)34-47)45-29-25-41(26-30-45)40-23-19-38(20-24-40)17-18-39-21-27-44(28-22-39)48(42-12-6-4-7-13-42)43-14-8-5-9-15-43/h4-34H,1-3H3/b18-17+. The fraction of sp³-hybridized carbons (Fsp3) is 0.0638. The van der Waals surface area contributed by atoms with Gasteiger partial charge in [-0.2, -0.15) is 0 Å². The molecule has 2 heteroatoms. The van der Waals surface area contributed by atoms with Crippen molar-refractivity contribution >= 4 is 46.3 Å². The van der Waals surface area contributed by atoms with Crippen LogP contribution >= 0.6 is 0 Å². The first kappa shape index (κ1) is 31.5. The Kier molecular flexibility index (Phi) is 9.21. The lowest BCUT2D eigenvalue weighted by Crippen LogP contribution is -2.10. The molecule has 7 rings (SSSR count). The number of para-hydroxylation sites is 2. The van der Waals surface area contributed by atoms with Gasteiger partial charge in [-0.15, -0.1) is 0 Å². The Morgan fingerprint density at radius 1 is 0.306 bits per heavy atom. The fourth-order valence-corrected chi connectivity index (χ4v) is 6.41. The molecule has 0 saturated heterocycles. The fourth-order valence-electron chi connectivity index (χ4n) is 6.41. The maximum Gasteiger partial charge on any atom is 0.0466 e. The molecule has 0 spiro atoms. The number of nitrogens with zero attached hydrogens (tertiary/aromatic N) is 2. The molecule has 2 nitrogen and oxygen atoms in total. The molecule has 0 N–H and O–H groups in total. The minimum absolute atomic E-state index is 1.13. The number of hydrogen-bond donors (Lipinski definition) is 0. The van der Waals surface area contributed by atoms with Gasteiger partial charge in [0.15, 0.2) is 0 Å². The zero-order valence-electron chi connectivity index (χ0n) is 28.3. The van der Waals surface area contributed by atoms with Gasteiger partial charge in [-0.05, 0) is 133 Å². The van der Waals surface area contributed by atoms with Crippen molar-refractivity contribution in [1.29, 1.82) is 0 Å². The largest absolute Gasteiger partial charge is 0.311 e. The zero-order valence-corrected chi connectivity index (χ0v) is 28.3. The molecule has 0 radical (unpaired) electrons. The molecule has 0 amide bonds. The summed E-state index contributed by atoms with van der Waals surface area (Å²) in [6, 6.07) is 62.9. The molecule has 0 fully saturated rings. The van der Waals surface area contributed by atoms with Crippen LogP contribution < -0.4 is 9.80 Å². The third kappa shape index (κ3) is 7.40. The molecule has 7 aromatic carbocycles. The van der Waals surface area contributed by atoms with E-state index in [9.17, 15) is 0 Å². The minimum Gasteiger partial charge on any atom is -0.311 e. The van der Waals surface area contributed by atoms with E-state index >= 15 is 0 Å². The second-order valence-corrected chi connectivity index (χ2v) is 12.6. The van der Waals surface area contributed by atoms with Gasteiger partial charge in [0.05, 0.1) is 0 Å². The van der Waals surface area contributed by atoms with Crippen molar-refractivity contribution < 1.29 is 0 Å². The van der Waals surface area contributed by atoms with Crippen LogP contribution in [0.5, 0.6) is 0 Å². The van der Waals surface area contributed by atoms with Crippen LogP contribution in [0.15, 0.2) is 176 Å². The minimum atomic E-state index is 1.13. The lowest BCUT2D eigenvalue weighted by Gasteiger charge is -2.26. The average Bonchev–Trinajstić information content (AvgIpc) is 3.13. The number of rotatable bonds is 9. The number of anilines is 6. The maximum atomic E-state index is 2.35. The van der Waals surface area contributed by atoms with Gasteiger partial charge in [0.1, 0.15) is 0 Å². The lowest BCUT2D eigenvalue weighted by atomic mass is 10.0. The van der Waals surface area contributed by atoms with E-state index in [1.54, 1.807) is 0 Å². The molecule has 0 unspecified atom stereocenters.